The Morgan fingerprint density at radius 3 is 2.80 bits per heavy atom. The molecule has 8 heteroatoms. The first-order valence-corrected chi connectivity index (χ1v) is 5.75. The molecule has 0 aromatic carbocycles. The molecule has 0 atom stereocenters. The van der Waals surface area contributed by atoms with Gasteiger partial charge in [0.15, 0.2) is 0 Å². The molecule has 0 aliphatic carbocycles. The Morgan fingerprint density at radius 1 is 1.35 bits per heavy atom. The van der Waals surface area contributed by atoms with Crippen molar-refractivity contribution in [1.82, 2.24) is 20.1 Å². The average molecular weight is 275 g/mol. The molecule has 0 spiro atoms. The van der Waals surface area contributed by atoms with Gasteiger partial charge in [0.2, 0.25) is 0 Å². The van der Waals surface area contributed by atoms with Crippen LogP contribution in [0.3, 0.4) is 0 Å². The molecule has 3 N–H and O–H groups in total. The lowest BCUT2D eigenvalue weighted by Crippen LogP contribution is -2.28. The molecular weight excluding hydrogens is 262 g/mol. The SMILES string of the molecule is Cn1cc(CNC(=O)Nc2cncc(C(=O)O)c2)cn1. The zero-order chi connectivity index (χ0) is 14.5. The van der Waals surface area contributed by atoms with Crippen LogP contribution in [0.2, 0.25) is 0 Å². The fourth-order valence-electron chi connectivity index (χ4n) is 1.55. The summed E-state index contributed by atoms with van der Waals surface area (Å²) >= 11 is 0. The Labute approximate surface area is 114 Å². The number of aryl methyl sites for hydroxylation is 1. The third kappa shape index (κ3) is 3.55. The zero-order valence-corrected chi connectivity index (χ0v) is 10.7. The van der Waals surface area contributed by atoms with Crippen molar-refractivity contribution < 1.29 is 14.7 Å². The summed E-state index contributed by atoms with van der Waals surface area (Å²) < 4.78 is 1.63. The van der Waals surface area contributed by atoms with Crippen LogP contribution in [0, 0.1) is 0 Å². The van der Waals surface area contributed by atoms with E-state index in [-0.39, 0.29) is 5.56 Å². The van der Waals surface area contributed by atoms with Crippen molar-refractivity contribution in [2.75, 3.05) is 5.32 Å². The molecular formula is C12H13N5O3. The minimum Gasteiger partial charge on any atom is -0.478 e. The highest BCUT2D eigenvalue weighted by Crippen LogP contribution is 2.08. The number of hydrogen-bond acceptors (Lipinski definition) is 4. The van der Waals surface area contributed by atoms with E-state index in [0.717, 1.165) is 5.56 Å². The summed E-state index contributed by atoms with van der Waals surface area (Å²) in [5, 5.41) is 17.9. The van der Waals surface area contributed by atoms with Gasteiger partial charge in [-0.05, 0) is 6.07 Å². The summed E-state index contributed by atoms with van der Waals surface area (Å²) in [6.07, 6.45) is 6.01. The van der Waals surface area contributed by atoms with E-state index in [0.29, 0.717) is 12.2 Å². The fraction of sp³-hybridized carbons (Fsp3) is 0.167. The first kappa shape index (κ1) is 13.5. The number of nitrogens with one attached hydrogen (secondary N) is 2. The highest BCUT2D eigenvalue weighted by Gasteiger charge is 2.07. The second-order valence-electron chi connectivity index (χ2n) is 4.10. The predicted molar refractivity (Wildman–Crippen MR) is 70.3 cm³/mol. The largest absolute Gasteiger partial charge is 0.478 e. The second kappa shape index (κ2) is 5.83. The average Bonchev–Trinajstić information content (AvgIpc) is 2.82. The Morgan fingerprint density at radius 2 is 2.15 bits per heavy atom. The summed E-state index contributed by atoms with van der Waals surface area (Å²) in [5.74, 6) is -1.10. The van der Waals surface area contributed by atoms with E-state index in [9.17, 15) is 9.59 Å². The number of carbonyl (C=O) groups excluding carboxylic acids is 1. The standard InChI is InChI=1S/C12H13N5O3/c1-17-7-8(4-15-17)3-14-12(20)16-10-2-9(11(18)19)5-13-6-10/h2,4-7H,3H2,1H3,(H,18,19)(H2,14,16,20). The van der Waals surface area contributed by atoms with Gasteiger partial charge in [-0.25, -0.2) is 9.59 Å². The minimum atomic E-state index is -1.10. The summed E-state index contributed by atoms with van der Waals surface area (Å²) in [4.78, 5) is 26.2. The molecule has 104 valence electrons. The van der Waals surface area contributed by atoms with Crippen LogP contribution in [0.4, 0.5) is 10.5 Å². The van der Waals surface area contributed by atoms with Crippen molar-refractivity contribution in [3.05, 3.63) is 42.0 Å². The number of amides is 2. The molecule has 0 aliphatic heterocycles. The molecule has 0 saturated carbocycles. The lowest BCUT2D eigenvalue weighted by Gasteiger charge is -2.06. The van der Waals surface area contributed by atoms with Gasteiger partial charge in [-0.15, -0.1) is 0 Å². The minimum absolute atomic E-state index is 0.00931. The predicted octanol–water partition coefficient (Wildman–Crippen LogP) is 0.835. The maximum absolute atomic E-state index is 11.6. The van der Waals surface area contributed by atoms with Crippen molar-refractivity contribution in [3.63, 3.8) is 0 Å². The van der Waals surface area contributed by atoms with Crippen LogP contribution in [0.25, 0.3) is 0 Å². The van der Waals surface area contributed by atoms with E-state index in [1.165, 1.54) is 18.5 Å². The summed E-state index contributed by atoms with van der Waals surface area (Å²) in [5.41, 5.74) is 1.18. The number of carboxylic acids is 1. The van der Waals surface area contributed by atoms with Gasteiger partial charge >= 0.3 is 12.0 Å². The molecule has 2 heterocycles. The van der Waals surface area contributed by atoms with Gasteiger partial charge < -0.3 is 15.7 Å². The third-order valence-corrected chi connectivity index (χ3v) is 2.45. The van der Waals surface area contributed by atoms with Crippen molar-refractivity contribution in [2.24, 2.45) is 7.05 Å². The number of aromatic nitrogens is 3. The molecule has 0 radical (unpaired) electrons. The van der Waals surface area contributed by atoms with E-state index in [2.05, 4.69) is 20.7 Å². The zero-order valence-electron chi connectivity index (χ0n) is 10.7. The number of pyridine rings is 1. The molecule has 2 aromatic rings. The van der Waals surface area contributed by atoms with Gasteiger partial charge in [-0.1, -0.05) is 0 Å². The highest BCUT2D eigenvalue weighted by atomic mass is 16.4. The summed E-state index contributed by atoms with van der Waals surface area (Å²) in [6, 6.07) is 0.886. The first-order valence-electron chi connectivity index (χ1n) is 5.75. The normalized spacial score (nSPS) is 10.1. The third-order valence-electron chi connectivity index (χ3n) is 2.45. The van der Waals surface area contributed by atoms with Crippen LogP contribution in [-0.4, -0.2) is 31.9 Å². The molecule has 0 fully saturated rings. The second-order valence-corrected chi connectivity index (χ2v) is 4.10. The number of aromatic carboxylic acids is 1. The van der Waals surface area contributed by atoms with Gasteiger partial charge in [0.05, 0.1) is 23.6 Å². The Hall–Kier alpha value is -2.90. The number of urea groups is 1. The Balaban J connectivity index is 1.91. The molecule has 20 heavy (non-hydrogen) atoms. The molecule has 2 rings (SSSR count). The summed E-state index contributed by atoms with van der Waals surface area (Å²) in [7, 11) is 1.78. The van der Waals surface area contributed by atoms with Crippen LogP contribution in [0.1, 0.15) is 15.9 Å². The highest BCUT2D eigenvalue weighted by molar-refractivity contribution is 5.92. The smallest absolute Gasteiger partial charge is 0.337 e. The maximum atomic E-state index is 11.6. The molecule has 0 aliphatic rings. The number of anilines is 1. The number of carbonyl (C=O) groups is 2. The monoisotopic (exact) mass is 275 g/mol. The van der Waals surface area contributed by atoms with E-state index < -0.39 is 12.0 Å². The van der Waals surface area contributed by atoms with Gasteiger partial charge in [0.1, 0.15) is 0 Å². The number of hydrogen-bond donors (Lipinski definition) is 3. The number of carboxylic acid groups (broad SMARTS) is 1. The van der Waals surface area contributed by atoms with Crippen molar-refractivity contribution in [3.8, 4) is 0 Å². The topological polar surface area (TPSA) is 109 Å². The van der Waals surface area contributed by atoms with E-state index in [1.807, 2.05) is 0 Å². The number of rotatable bonds is 4. The van der Waals surface area contributed by atoms with E-state index >= 15 is 0 Å². The molecule has 8 nitrogen and oxygen atoms in total. The van der Waals surface area contributed by atoms with E-state index in [4.69, 9.17) is 5.11 Å². The maximum Gasteiger partial charge on any atom is 0.337 e. The molecule has 2 aromatic heterocycles. The van der Waals surface area contributed by atoms with Crippen LogP contribution in [0.15, 0.2) is 30.9 Å². The van der Waals surface area contributed by atoms with E-state index in [1.54, 1.807) is 24.1 Å². The fourth-order valence-corrected chi connectivity index (χ4v) is 1.55. The molecule has 0 unspecified atom stereocenters. The van der Waals surface area contributed by atoms with Gasteiger partial charge in [0, 0.05) is 31.5 Å². The quantitative estimate of drug-likeness (QED) is 0.765. The van der Waals surface area contributed by atoms with Crippen LogP contribution >= 0.6 is 0 Å². The van der Waals surface area contributed by atoms with Gasteiger partial charge in [0.25, 0.3) is 0 Å². The number of nitrogens with zero attached hydrogens (tertiary/aromatic N) is 3. The Bertz CT molecular complexity index is 638. The van der Waals surface area contributed by atoms with Crippen LogP contribution < -0.4 is 10.6 Å². The molecule has 0 saturated heterocycles. The van der Waals surface area contributed by atoms with Crippen LogP contribution in [0.5, 0.6) is 0 Å². The Kier molecular flexibility index (Phi) is 3.94. The van der Waals surface area contributed by atoms with Crippen LogP contribution in [-0.2, 0) is 13.6 Å². The molecule has 0 bridgehead atoms. The molecule has 2 amide bonds. The van der Waals surface area contributed by atoms with Crippen molar-refractivity contribution in [1.29, 1.82) is 0 Å². The van der Waals surface area contributed by atoms with Gasteiger partial charge in [-0.3, -0.25) is 9.67 Å². The first-order chi connectivity index (χ1) is 9.54. The summed E-state index contributed by atoms with van der Waals surface area (Å²) in [6.45, 7) is 0.325. The lowest BCUT2D eigenvalue weighted by molar-refractivity contribution is 0.0696. The van der Waals surface area contributed by atoms with Crippen molar-refractivity contribution >= 4 is 17.7 Å². The van der Waals surface area contributed by atoms with Crippen molar-refractivity contribution in [2.45, 2.75) is 6.54 Å². The lowest BCUT2D eigenvalue weighted by atomic mass is 10.2. The van der Waals surface area contributed by atoms with Gasteiger partial charge in [-0.2, -0.15) is 5.10 Å².